The molecule has 0 unspecified atom stereocenters. The van der Waals surface area contributed by atoms with Crippen molar-refractivity contribution in [1.29, 1.82) is 0 Å². The number of aliphatic carboxylic acids is 2. The zero-order chi connectivity index (χ0) is 52.1. The number of benzene rings is 3. The van der Waals surface area contributed by atoms with Gasteiger partial charge in [0.05, 0.1) is 37.1 Å². The van der Waals surface area contributed by atoms with Gasteiger partial charge in [0.15, 0.2) is 0 Å². The quantitative estimate of drug-likeness (QED) is 0.0912. The second-order valence-corrected chi connectivity index (χ2v) is 19.8. The molecule has 5 N–H and O–H groups in total. The van der Waals surface area contributed by atoms with Crippen LogP contribution in [-0.4, -0.2) is 92.1 Å². The van der Waals surface area contributed by atoms with Crippen LogP contribution in [0.25, 0.3) is 0 Å². The maximum Gasteiger partial charge on any atom is 0.327 e. The number of carboxylic acid groups (broad SMARTS) is 2. The second-order valence-electron chi connectivity index (χ2n) is 18.5. The largest absolute Gasteiger partial charge is 0.480 e. The number of carbonyl (C=O) groups is 8. The average Bonchev–Trinajstić information content (AvgIpc) is 3.96. The highest BCUT2D eigenvalue weighted by molar-refractivity contribution is 6.31. The molecule has 4 saturated heterocycles. The van der Waals surface area contributed by atoms with Crippen molar-refractivity contribution in [3.05, 3.63) is 111 Å². The molecule has 4 fully saturated rings. The van der Waals surface area contributed by atoms with Gasteiger partial charge in [-0.1, -0.05) is 86.7 Å². The van der Waals surface area contributed by atoms with Crippen LogP contribution in [0.4, 0.5) is 28.8 Å². The lowest BCUT2D eigenvalue weighted by Gasteiger charge is -2.38. The molecule has 4 aliphatic heterocycles. The summed E-state index contributed by atoms with van der Waals surface area (Å²) in [7, 11) is 0. The molecule has 6 amide bonds. The summed E-state index contributed by atoms with van der Waals surface area (Å²) in [5.74, 6) is -2.56. The maximum atomic E-state index is 12.4. The molecule has 23 heteroatoms. The zero-order valence-corrected chi connectivity index (χ0v) is 41.3. The Kier molecular flexibility index (Phi) is 16.3. The standard InChI is InChI=1S/2C17H18ClN3O3.C10H8ClNO3.C4H5NO3/c2*1-17(2,3)13-9-14(24-20-13)19-16(23)12-8-15(22)21(12)11-6-4-10(18)5-7-11;11-6-1-3-7(4-2-6)12-8(10(14)15)5-9(12)13;6-3-1-2(5-3)4(7)8/h2*4-7,9,12H,8H2,1-3H3,(H,19,23);1-4,8H,5H2,(H,14,15);2H,1H2,(H,5,6)(H,7,8)/t2*12-;8-;2-/m0000/s1. The Morgan fingerprint density at radius 3 is 1.10 bits per heavy atom. The molecule has 20 nitrogen and oxygen atoms in total. The first-order chi connectivity index (χ1) is 33.3. The lowest BCUT2D eigenvalue weighted by molar-refractivity contribution is -0.147. The smallest absolute Gasteiger partial charge is 0.327 e. The van der Waals surface area contributed by atoms with Crippen molar-refractivity contribution in [3.63, 3.8) is 0 Å². The number of hydrogen-bond donors (Lipinski definition) is 5. The highest BCUT2D eigenvalue weighted by Crippen LogP contribution is 2.33. The minimum absolute atomic E-state index is 0.0674. The molecule has 71 heavy (non-hydrogen) atoms. The van der Waals surface area contributed by atoms with E-state index in [0.717, 1.165) is 11.4 Å². The van der Waals surface area contributed by atoms with Crippen LogP contribution in [0.2, 0.25) is 15.1 Å². The molecule has 374 valence electrons. The monoisotopic (exact) mass is 1030 g/mol. The van der Waals surface area contributed by atoms with E-state index >= 15 is 0 Å². The summed E-state index contributed by atoms with van der Waals surface area (Å²) < 4.78 is 10.3. The minimum Gasteiger partial charge on any atom is -0.480 e. The average molecular weight is 1040 g/mol. The van der Waals surface area contributed by atoms with E-state index in [4.69, 9.17) is 54.1 Å². The van der Waals surface area contributed by atoms with Gasteiger partial charge in [-0.25, -0.2) is 9.59 Å². The highest BCUT2D eigenvalue weighted by Gasteiger charge is 2.44. The fourth-order valence-corrected chi connectivity index (χ4v) is 7.31. The molecule has 0 spiro atoms. The van der Waals surface area contributed by atoms with Crippen LogP contribution in [0.15, 0.2) is 94.0 Å². The summed E-state index contributed by atoms with van der Waals surface area (Å²) in [6.07, 6.45) is 0.525. The number of carbonyl (C=O) groups excluding carboxylic acids is 6. The summed E-state index contributed by atoms with van der Waals surface area (Å²) in [5.41, 5.74) is 3.01. The van der Waals surface area contributed by atoms with Gasteiger partial charge < -0.3 is 24.6 Å². The fraction of sp³-hybridized carbons (Fsp3) is 0.333. The van der Waals surface area contributed by atoms with Gasteiger partial charge >= 0.3 is 11.9 Å². The van der Waals surface area contributed by atoms with E-state index in [1.54, 1.807) is 84.9 Å². The fourth-order valence-electron chi connectivity index (χ4n) is 6.94. The van der Waals surface area contributed by atoms with Crippen molar-refractivity contribution in [2.75, 3.05) is 25.3 Å². The molecular formula is C48H49Cl3N8O12. The van der Waals surface area contributed by atoms with Crippen molar-refractivity contribution in [2.45, 2.75) is 102 Å². The first-order valence-electron chi connectivity index (χ1n) is 21.8. The van der Waals surface area contributed by atoms with Gasteiger partial charge in [0.1, 0.15) is 24.2 Å². The Labute approximate surface area is 421 Å². The van der Waals surface area contributed by atoms with Crippen LogP contribution < -0.4 is 30.7 Å². The lowest BCUT2D eigenvalue weighted by atomic mass is 9.92. The first-order valence-corrected chi connectivity index (χ1v) is 23.0. The molecule has 6 heterocycles. The van der Waals surface area contributed by atoms with E-state index < -0.39 is 36.1 Å². The third-order valence-electron chi connectivity index (χ3n) is 11.1. The van der Waals surface area contributed by atoms with Gasteiger partial charge in [0, 0.05) is 55.1 Å². The molecular weight excluding hydrogens is 987 g/mol. The summed E-state index contributed by atoms with van der Waals surface area (Å²) >= 11 is 17.4. The van der Waals surface area contributed by atoms with E-state index in [9.17, 15) is 38.4 Å². The van der Waals surface area contributed by atoms with Crippen LogP contribution in [0, 0.1) is 0 Å². The Morgan fingerprint density at radius 2 is 0.859 bits per heavy atom. The van der Waals surface area contributed by atoms with Crippen molar-refractivity contribution < 1.29 is 57.6 Å². The SMILES string of the molecule is CC(C)(C)c1cc(NC(=O)[C@@H]2CC(=O)N2c2ccc(Cl)cc2)on1.CC(C)(C)c1cc(NC(=O)[C@@H]2CC(=O)N2c2ccc(Cl)cc2)on1.O=C(O)[C@@H]1CC(=O)N1c1ccc(Cl)cc1.O=C1C[C@@H](C(=O)O)N1. The number of nitrogens with one attached hydrogen (secondary N) is 3. The van der Waals surface area contributed by atoms with Gasteiger partial charge in [-0.3, -0.25) is 54.1 Å². The van der Waals surface area contributed by atoms with Crippen LogP contribution in [0.5, 0.6) is 0 Å². The molecule has 0 aliphatic carbocycles. The lowest BCUT2D eigenvalue weighted by Crippen LogP contribution is -2.58. The number of amides is 6. The number of halogens is 3. The van der Waals surface area contributed by atoms with Crippen LogP contribution >= 0.6 is 34.8 Å². The van der Waals surface area contributed by atoms with Crippen molar-refractivity contribution in [2.24, 2.45) is 0 Å². The maximum absolute atomic E-state index is 12.4. The normalized spacial score (nSPS) is 19.0. The third-order valence-corrected chi connectivity index (χ3v) is 11.9. The molecule has 3 aromatic carbocycles. The number of aromatic nitrogens is 2. The van der Waals surface area contributed by atoms with Crippen molar-refractivity contribution in [1.82, 2.24) is 15.6 Å². The van der Waals surface area contributed by atoms with E-state index in [1.165, 1.54) is 14.7 Å². The van der Waals surface area contributed by atoms with Gasteiger partial charge in [-0.05, 0) is 72.8 Å². The Balaban J connectivity index is 0.000000165. The Morgan fingerprint density at radius 1 is 0.549 bits per heavy atom. The summed E-state index contributed by atoms with van der Waals surface area (Å²) in [5, 5.41) is 34.1. The summed E-state index contributed by atoms with van der Waals surface area (Å²) in [4.78, 5) is 94.8. The number of hydrogen-bond acceptors (Lipinski definition) is 12. The molecule has 5 aromatic rings. The topological polar surface area (TPSA) is 275 Å². The molecule has 9 rings (SSSR count). The second kappa shape index (κ2) is 21.8. The Hall–Kier alpha value is -7.29. The summed E-state index contributed by atoms with van der Waals surface area (Å²) in [6.45, 7) is 12.0. The number of β-lactam (4-membered cyclic amide) rings is 4. The predicted octanol–water partition coefficient (Wildman–Crippen LogP) is 7.23. The van der Waals surface area contributed by atoms with Crippen LogP contribution in [0.3, 0.4) is 0 Å². The molecule has 0 bridgehead atoms. The van der Waals surface area contributed by atoms with Gasteiger partial charge in [-0.15, -0.1) is 0 Å². The molecule has 2 aromatic heterocycles. The predicted molar refractivity (Wildman–Crippen MR) is 262 cm³/mol. The zero-order valence-electron chi connectivity index (χ0n) is 39.1. The summed E-state index contributed by atoms with van der Waals surface area (Å²) in [6, 6.07) is 21.0. The van der Waals surface area contributed by atoms with E-state index in [-0.39, 0.29) is 83.7 Å². The van der Waals surface area contributed by atoms with E-state index in [0.29, 0.717) is 32.1 Å². The van der Waals surface area contributed by atoms with Gasteiger partial charge in [-0.2, -0.15) is 0 Å². The number of rotatable bonds is 9. The van der Waals surface area contributed by atoms with Crippen molar-refractivity contribution >= 4 is 111 Å². The molecule has 0 saturated carbocycles. The first kappa shape index (κ1) is 53.1. The van der Waals surface area contributed by atoms with E-state index in [1.807, 2.05) is 41.5 Å². The minimum atomic E-state index is -0.982. The molecule has 4 atom stereocenters. The Bertz CT molecular complexity index is 2680. The van der Waals surface area contributed by atoms with Gasteiger partial charge in [0.25, 0.3) is 0 Å². The van der Waals surface area contributed by atoms with Gasteiger partial charge in [0.2, 0.25) is 47.2 Å². The van der Waals surface area contributed by atoms with Crippen molar-refractivity contribution in [3.8, 4) is 0 Å². The third kappa shape index (κ3) is 13.1. The van der Waals surface area contributed by atoms with Crippen LogP contribution in [-0.2, 0) is 49.2 Å². The van der Waals surface area contributed by atoms with E-state index in [2.05, 4.69) is 26.3 Å². The number of anilines is 5. The highest BCUT2D eigenvalue weighted by atomic mass is 35.5. The molecule has 0 radical (unpaired) electrons. The number of carboxylic acids is 2. The molecule has 4 aliphatic rings. The number of nitrogens with zero attached hydrogens (tertiary/aromatic N) is 5. The van der Waals surface area contributed by atoms with Crippen LogP contribution in [0.1, 0.15) is 78.6 Å².